The quantitative estimate of drug-likeness (QED) is 0.140. The molecule has 1 N–H and O–H groups in total. The Bertz CT molecular complexity index is 1730. The van der Waals surface area contributed by atoms with Crippen LogP contribution in [-0.2, 0) is 21.0 Å². The fraction of sp³-hybridized carbons (Fsp3) is 0.472. The molecule has 1 aliphatic heterocycles. The molecule has 5 rings (SSSR count). The molecular formula is C36H46N4O6S. The third kappa shape index (κ3) is 9.04. The van der Waals surface area contributed by atoms with Crippen LogP contribution in [0.15, 0.2) is 64.8 Å². The number of rotatable bonds is 12. The summed E-state index contributed by atoms with van der Waals surface area (Å²) in [6.45, 7) is 14.3. The normalized spacial score (nSPS) is 14.8. The van der Waals surface area contributed by atoms with Gasteiger partial charge in [-0.3, -0.25) is 14.3 Å². The summed E-state index contributed by atoms with van der Waals surface area (Å²) in [4.78, 5) is 43.1. The van der Waals surface area contributed by atoms with Crippen molar-refractivity contribution >= 4 is 50.1 Å². The molecule has 0 unspecified atom stereocenters. The second kappa shape index (κ2) is 15.2. The molecule has 1 amide bonds. The number of pyridine rings is 1. The molecule has 0 aliphatic carbocycles. The number of thiophene rings is 1. The number of benzene rings is 2. The van der Waals surface area contributed by atoms with Crippen molar-refractivity contribution in [1.82, 2.24) is 14.8 Å². The predicted molar refractivity (Wildman–Crippen MR) is 188 cm³/mol. The molecule has 2 aromatic heterocycles. The summed E-state index contributed by atoms with van der Waals surface area (Å²) in [5.74, 6) is -0.124. The first kappa shape index (κ1) is 34.3. The second-order valence-corrected chi connectivity index (χ2v) is 14.2. The van der Waals surface area contributed by atoms with Crippen LogP contribution >= 0.6 is 11.3 Å². The summed E-state index contributed by atoms with van der Waals surface area (Å²) >= 11 is 1.79. The molecule has 252 valence electrons. The minimum atomic E-state index is -0.887. The third-order valence-corrected chi connectivity index (χ3v) is 9.09. The maximum atomic E-state index is 12.8. The maximum absolute atomic E-state index is 12.8. The lowest BCUT2D eigenvalue weighted by Gasteiger charge is -2.36. The Labute approximate surface area is 280 Å². The Balaban J connectivity index is 1.09. The lowest BCUT2D eigenvalue weighted by Crippen LogP contribution is -2.47. The van der Waals surface area contributed by atoms with Gasteiger partial charge in [0.15, 0.2) is 6.73 Å². The van der Waals surface area contributed by atoms with E-state index in [1.54, 1.807) is 58.1 Å². The number of nitrogens with zero attached hydrogens (tertiary/aromatic N) is 3. The molecule has 0 radical (unpaired) electrons. The van der Waals surface area contributed by atoms with E-state index in [1.165, 1.54) is 26.4 Å². The standard InChI is InChI=1S/C36H46N4O6S/c1-25(2)33(34(42)46-36(3,4)5)37-35(43)45-24-40-30-23-27(13-11-26(30)12-14-32(40)41)44-21-7-6-16-38-17-19-39(20-18-38)29-9-8-10-31-28(29)15-22-47-31/h8-15,22-23,25,33H,6-7,16-21,24H2,1-5H3,(H,37,43)/t33-/m0/s1. The number of ether oxygens (including phenoxy) is 3. The van der Waals surface area contributed by atoms with Crippen molar-refractivity contribution in [2.24, 2.45) is 5.92 Å². The number of esters is 1. The zero-order valence-electron chi connectivity index (χ0n) is 28.0. The van der Waals surface area contributed by atoms with Crippen molar-refractivity contribution in [2.75, 3.05) is 44.2 Å². The summed E-state index contributed by atoms with van der Waals surface area (Å²) < 4.78 is 19.6. The van der Waals surface area contributed by atoms with Gasteiger partial charge in [-0.15, -0.1) is 11.3 Å². The van der Waals surface area contributed by atoms with Crippen LogP contribution in [0.1, 0.15) is 47.5 Å². The molecule has 0 spiro atoms. The number of piperazine rings is 1. The highest BCUT2D eigenvalue weighted by atomic mass is 32.1. The highest BCUT2D eigenvalue weighted by Crippen LogP contribution is 2.31. The Morgan fingerprint density at radius 2 is 1.74 bits per heavy atom. The monoisotopic (exact) mass is 662 g/mol. The van der Waals surface area contributed by atoms with Crippen molar-refractivity contribution in [3.8, 4) is 5.75 Å². The highest BCUT2D eigenvalue weighted by Gasteiger charge is 2.30. The van der Waals surface area contributed by atoms with Gasteiger partial charge in [0.05, 0.1) is 12.1 Å². The van der Waals surface area contributed by atoms with Gasteiger partial charge in [0, 0.05) is 54.1 Å². The SMILES string of the molecule is CC(C)[C@H](NC(=O)OCn1c(=O)ccc2ccc(OCCCCN3CCN(c4cccc5sccc45)CC3)cc21)C(=O)OC(C)(C)C. The third-order valence-electron chi connectivity index (χ3n) is 8.21. The number of nitrogens with one attached hydrogen (secondary N) is 1. The van der Waals surface area contributed by atoms with Crippen molar-refractivity contribution in [2.45, 2.75) is 65.8 Å². The zero-order valence-corrected chi connectivity index (χ0v) is 28.8. The first-order valence-electron chi connectivity index (χ1n) is 16.3. The van der Waals surface area contributed by atoms with Gasteiger partial charge in [0.25, 0.3) is 5.56 Å². The van der Waals surface area contributed by atoms with E-state index >= 15 is 0 Å². The summed E-state index contributed by atoms with van der Waals surface area (Å²) in [6, 6.07) is 16.6. The molecule has 1 saturated heterocycles. The number of hydrogen-bond donors (Lipinski definition) is 1. The van der Waals surface area contributed by atoms with Crippen LogP contribution in [0.4, 0.5) is 10.5 Å². The number of fused-ring (bicyclic) bond motifs is 2. The van der Waals surface area contributed by atoms with E-state index in [0.717, 1.165) is 51.0 Å². The molecule has 10 nitrogen and oxygen atoms in total. The van der Waals surface area contributed by atoms with Crippen LogP contribution in [0.5, 0.6) is 5.75 Å². The molecule has 11 heteroatoms. The van der Waals surface area contributed by atoms with Gasteiger partial charge in [-0.05, 0) is 93.2 Å². The number of anilines is 1. The number of carbonyl (C=O) groups excluding carboxylic acids is 2. The molecule has 47 heavy (non-hydrogen) atoms. The van der Waals surface area contributed by atoms with E-state index in [9.17, 15) is 14.4 Å². The molecule has 2 aromatic carbocycles. The van der Waals surface area contributed by atoms with Gasteiger partial charge < -0.3 is 24.4 Å². The average Bonchev–Trinajstić information content (AvgIpc) is 3.52. The van der Waals surface area contributed by atoms with E-state index in [4.69, 9.17) is 14.2 Å². The fourth-order valence-electron chi connectivity index (χ4n) is 5.74. The molecule has 1 fully saturated rings. The van der Waals surface area contributed by atoms with Crippen LogP contribution in [0.3, 0.4) is 0 Å². The Morgan fingerprint density at radius 3 is 2.49 bits per heavy atom. The van der Waals surface area contributed by atoms with Crippen LogP contribution in [0.25, 0.3) is 21.0 Å². The zero-order chi connectivity index (χ0) is 33.6. The van der Waals surface area contributed by atoms with Crippen molar-refractivity contribution < 1.29 is 23.8 Å². The lowest BCUT2D eigenvalue weighted by atomic mass is 10.0. The average molecular weight is 663 g/mol. The Morgan fingerprint density at radius 1 is 0.979 bits per heavy atom. The van der Waals surface area contributed by atoms with Crippen LogP contribution in [0.2, 0.25) is 0 Å². The number of alkyl carbamates (subject to hydrolysis) is 1. The number of unbranched alkanes of at least 4 members (excludes halogenated alkanes) is 1. The van der Waals surface area contributed by atoms with Crippen molar-refractivity contribution in [3.63, 3.8) is 0 Å². The van der Waals surface area contributed by atoms with E-state index in [2.05, 4.69) is 44.8 Å². The van der Waals surface area contributed by atoms with E-state index in [1.807, 2.05) is 12.1 Å². The molecular weight excluding hydrogens is 616 g/mol. The van der Waals surface area contributed by atoms with E-state index < -0.39 is 23.7 Å². The van der Waals surface area contributed by atoms with Gasteiger partial charge in [-0.25, -0.2) is 9.59 Å². The number of aromatic nitrogens is 1. The van der Waals surface area contributed by atoms with Gasteiger partial charge in [0.1, 0.15) is 17.4 Å². The van der Waals surface area contributed by atoms with Gasteiger partial charge in [-0.1, -0.05) is 19.9 Å². The Hall–Kier alpha value is -4.09. The molecule has 0 bridgehead atoms. The van der Waals surface area contributed by atoms with Gasteiger partial charge in [-0.2, -0.15) is 0 Å². The van der Waals surface area contributed by atoms with Crippen molar-refractivity contribution in [3.05, 3.63) is 70.3 Å². The molecule has 1 atom stereocenters. The molecule has 4 aromatic rings. The van der Waals surface area contributed by atoms with Crippen LogP contribution in [0, 0.1) is 5.92 Å². The van der Waals surface area contributed by atoms with Crippen molar-refractivity contribution in [1.29, 1.82) is 0 Å². The first-order chi connectivity index (χ1) is 22.5. The summed E-state index contributed by atoms with van der Waals surface area (Å²) in [6.07, 6.45) is 1.13. The second-order valence-electron chi connectivity index (χ2n) is 13.3. The minimum Gasteiger partial charge on any atom is -0.494 e. The summed E-state index contributed by atoms with van der Waals surface area (Å²) in [5, 5.41) is 6.91. The van der Waals surface area contributed by atoms with Gasteiger partial charge >= 0.3 is 12.1 Å². The minimum absolute atomic E-state index is 0.222. The van der Waals surface area contributed by atoms with E-state index in [-0.39, 0.29) is 18.2 Å². The first-order valence-corrected chi connectivity index (χ1v) is 17.2. The van der Waals surface area contributed by atoms with Gasteiger partial charge in [0.2, 0.25) is 0 Å². The smallest absolute Gasteiger partial charge is 0.409 e. The van der Waals surface area contributed by atoms with Crippen LogP contribution < -0.4 is 20.5 Å². The fourth-order valence-corrected chi connectivity index (χ4v) is 6.55. The summed E-state index contributed by atoms with van der Waals surface area (Å²) in [5.41, 5.74) is 0.918. The maximum Gasteiger partial charge on any atom is 0.409 e. The predicted octanol–water partition coefficient (Wildman–Crippen LogP) is 6.25. The number of hydrogen-bond acceptors (Lipinski definition) is 9. The number of carbonyl (C=O) groups is 2. The lowest BCUT2D eigenvalue weighted by molar-refractivity contribution is -0.158. The topological polar surface area (TPSA) is 102 Å². The number of amides is 1. The van der Waals surface area contributed by atoms with E-state index in [0.29, 0.717) is 17.9 Å². The molecule has 1 aliphatic rings. The summed E-state index contributed by atoms with van der Waals surface area (Å²) in [7, 11) is 0. The largest absolute Gasteiger partial charge is 0.494 e. The highest BCUT2D eigenvalue weighted by molar-refractivity contribution is 7.17. The van der Waals surface area contributed by atoms with Crippen LogP contribution in [-0.4, -0.2) is 72.5 Å². The molecule has 0 saturated carbocycles. The molecule has 3 heterocycles. The Kier molecular flexibility index (Phi) is 11.1.